The van der Waals surface area contributed by atoms with Gasteiger partial charge in [0.2, 0.25) is 0 Å². The first-order valence-corrected chi connectivity index (χ1v) is 8.90. The standard InChI is InChI=1S/C21H20FN5O/c1-11-5-6-14(22)8-15(11)17-9-16-18(10-23-17)25-21(28)20(16)13(3)24-19-7-12(2)27(4)26-19/h5-10H,1-4H3,(H,24,26)(H,25,28)/b20-13-. The molecule has 6 nitrogen and oxygen atoms in total. The van der Waals surface area contributed by atoms with Gasteiger partial charge in [0.1, 0.15) is 5.82 Å². The van der Waals surface area contributed by atoms with Gasteiger partial charge in [0.15, 0.2) is 5.82 Å². The first kappa shape index (κ1) is 17.9. The summed E-state index contributed by atoms with van der Waals surface area (Å²) in [6.45, 7) is 5.69. The predicted molar refractivity (Wildman–Crippen MR) is 107 cm³/mol. The van der Waals surface area contributed by atoms with Crippen LogP contribution in [0.25, 0.3) is 16.8 Å². The van der Waals surface area contributed by atoms with Crippen molar-refractivity contribution in [2.24, 2.45) is 7.05 Å². The number of anilines is 2. The van der Waals surface area contributed by atoms with Crippen LogP contribution in [0.5, 0.6) is 0 Å². The molecule has 142 valence electrons. The number of hydrogen-bond acceptors (Lipinski definition) is 4. The number of nitrogens with zero attached hydrogens (tertiary/aromatic N) is 3. The van der Waals surface area contributed by atoms with Gasteiger partial charge in [0.25, 0.3) is 5.91 Å². The molecule has 7 heteroatoms. The fourth-order valence-corrected chi connectivity index (χ4v) is 3.34. The lowest BCUT2D eigenvalue weighted by Gasteiger charge is -2.09. The number of carbonyl (C=O) groups is 1. The van der Waals surface area contributed by atoms with Crippen molar-refractivity contribution in [1.29, 1.82) is 0 Å². The molecule has 0 spiro atoms. The highest BCUT2D eigenvalue weighted by Gasteiger charge is 2.28. The monoisotopic (exact) mass is 377 g/mol. The van der Waals surface area contributed by atoms with Crippen LogP contribution >= 0.6 is 0 Å². The maximum atomic E-state index is 13.7. The number of benzene rings is 1. The third-order valence-corrected chi connectivity index (χ3v) is 4.93. The molecule has 2 aromatic heterocycles. The van der Waals surface area contributed by atoms with Crippen LogP contribution in [0.4, 0.5) is 15.9 Å². The third kappa shape index (κ3) is 3.05. The van der Waals surface area contributed by atoms with E-state index in [0.717, 1.165) is 16.8 Å². The molecule has 0 radical (unpaired) electrons. The lowest BCUT2D eigenvalue weighted by Crippen LogP contribution is -2.09. The summed E-state index contributed by atoms with van der Waals surface area (Å²) in [4.78, 5) is 17.0. The maximum Gasteiger partial charge on any atom is 0.258 e. The van der Waals surface area contributed by atoms with E-state index >= 15 is 0 Å². The van der Waals surface area contributed by atoms with E-state index in [0.29, 0.717) is 34.0 Å². The minimum Gasteiger partial charge on any atom is -0.342 e. The molecule has 3 heterocycles. The van der Waals surface area contributed by atoms with Crippen LogP contribution in [0.2, 0.25) is 0 Å². The molecule has 2 N–H and O–H groups in total. The molecule has 1 aliphatic heterocycles. The Balaban J connectivity index is 1.78. The molecular weight excluding hydrogens is 357 g/mol. The number of fused-ring (bicyclic) bond motifs is 1. The Bertz CT molecular complexity index is 1130. The third-order valence-electron chi connectivity index (χ3n) is 4.93. The molecule has 0 aliphatic carbocycles. The fourth-order valence-electron chi connectivity index (χ4n) is 3.34. The largest absolute Gasteiger partial charge is 0.342 e. The number of pyridine rings is 1. The number of aryl methyl sites for hydroxylation is 3. The van der Waals surface area contributed by atoms with Gasteiger partial charge in [-0.25, -0.2) is 4.39 Å². The highest BCUT2D eigenvalue weighted by molar-refractivity contribution is 6.32. The Kier molecular flexibility index (Phi) is 4.22. The Morgan fingerprint density at radius 3 is 2.68 bits per heavy atom. The smallest absolute Gasteiger partial charge is 0.258 e. The van der Waals surface area contributed by atoms with Crippen molar-refractivity contribution in [3.8, 4) is 11.3 Å². The van der Waals surface area contributed by atoms with E-state index in [2.05, 4.69) is 20.7 Å². The van der Waals surface area contributed by atoms with Crippen molar-refractivity contribution < 1.29 is 9.18 Å². The van der Waals surface area contributed by atoms with Crippen molar-refractivity contribution in [2.45, 2.75) is 20.8 Å². The number of rotatable bonds is 3. The van der Waals surface area contributed by atoms with E-state index in [1.54, 1.807) is 16.9 Å². The average Bonchev–Trinajstić information content (AvgIpc) is 3.14. The molecule has 0 unspecified atom stereocenters. The van der Waals surface area contributed by atoms with Crippen LogP contribution in [0.15, 0.2) is 42.2 Å². The van der Waals surface area contributed by atoms with E-state index in [-0.39, 0.29) is 11.7 Å². The summed E-state index contributed by atoms with van der Waals surface area (Å²) < 4.78 is 15.5. The molecule has 0 atom stereocenters. The van der Waals surface area contributed by atoms with Crippen molar-refractivity contribution in [3.05, 3.63) is 64.9 Å². The van der Waals surface area contributed by atoms with Crippen molar-refractivity contribution >= 4 is 23.0 Å². The van der Waals surface area contributed by atoms with Gasteiger partial charge in [-0.2, -0.15) is 5.10 Å². The number of amides is 1. The highest BCUT2D eigenvalue weighted by atomic mass is 19.1. The normalized spacial score (nSPS) is 14.7. The zero-order valence-corrected chi connectivity index (χ0v) is 16.1. The van der Waals surface area contributed by atoms with Crippen LogP contribution in [-0.2, 0) is 11.8 Å². The van der Waals surface area contributed by atoms with Gasteiger partial charge in [-0.05, 0) is 44.5 Å². The molecule has 0 saturated carbocycles. The molecule has 3 aromatic rings. The maximum absolute atomic E-state index is 13.7. The number of nitrogens with one attached hydrogen (secondary N) is 2. The summed E-state index contributed by atoms with van der Waals surface area (Å²) in [6, 6.07) is 8.33. The molecule has 1 amide bonds. The highest BCUT2D eigenvalue weighted by Crippen LogP contribution is 2.36. The van der Waals surface area contributed by atoms with Gasteiger partial charge < -0.3 is 10.6 Å². The second-order valence-electron chi connectivity index (χ2n) is 6.95. The van der Waals surface area contributed by atoms with Gasteiger partial charge in [0, 0.05) is 35.6 Å². The van der Waals surface area contributed by atoms with E-state index in [9.17, 15) is 9.18 Å². The topological polar surface area (TPSA) is 71.8 Å². The summed E-state index contributed by atoms with van der Waals surface area (Å²) in [7, 11) is 1.86. The minimum absolute atomic E-state index is 0.206. The summed E-state index contributed by atoms with van der Waals surface area (Å²) in [5.41, 5.74) is 5.81. The molecule has 0 saturated heterocycles. The molecular formula is C21H20FN5O. The molecule has 1 aliphatic rings. The van der Waals surface area contributed by atoms with Gasteiger partial charge in [0.05, 0.1) is 23.2 Å². The van der Waals surface area contributed by atoms with Crippen LogP contribution < -0.4 is 10.6 Å². The Morgan fingerprint density at radius 1 is 1.18 bits per heavy atom. The predicted octanol–water partition coefficient (Wildman–Crippen LogP) is 4.03. The molecule has 28 heavy (non-hydrogen) atoms. The van der Waals surface area contributed by atoms with Crippen molar-refractivity contribution in [1.82, 2.24) is 14.8 Å². The summed E-state index contributed by atoms with van der Waals surface area (Å²) in [5, 5.41) is 10.4. The average molecular weight is 377 g/mol. The second kappa shape index (κ2) is 6.60. The van der Waals surface area contributed by atoms with Gasteiger partial charge in [-0.3, -0.25) is 14.5 Å². The quantitative estimate of drug-likeness (QED) is 0.676. The van der Waals surface area contributed by atoms with Crippen LogP contribution in [0, 0.1) is 19.7 Å². The summed E-state index contributed by atoms with van der Waals surface area (Å²) in [6.07, 6.45) is 1.61. The molecule has 0 fully saturated rings. The van der Waals surface area contributed by atoms with Crippen molar-refractivity contribution in [2.75, 3.05) is 10.6 Å². The molecule has 0 bridgehead atoms. The van der Waals surface area contributed by atoms with E-state index < -0.39 is 0 Å². The summed E-state index contributed by atoms with van der Waals surface area (Å²) >= 11 is 0. The van der Waals surface area contributed by atoms with Gasteiger partial charge >= 0.3 is 0 Å². The number of aromatic nitrogens is 3. The lowest BCUT2D eigenvalue weighted by atomic mass is 10.0. The fraction of sp³-hybridized carbons (Fsp3) is 0.190. The lowest BCUT2D eigenvalue weighted by molar-refractivity contribution is -0.110. The Labute approximate surface area is 162 Å². The zero-order valence-electron chi connectivity index (χ0n) is 16.1. The van der Waals surface area contributed by atoms with Crippen molar-refractivity contribution in [3.63, 3.8) is 0 Å². The first-order valence-electron chi connectivity index (χ1n) is 8.90. The number of hydrogen-bond donors (Lipinski definition) is 2. The number of allylic oxidation sites excluding steroid dienone is 1. The van der Waals surface area contributed by atoms with Gasteiger partial charge in [-0.15, -0.1) is 0 Å². The SMILES string of the molecule is C/C(Nc1cc(C)n(C)n1)=C1/C(=O)Nc2cnc(-c3cc(F)ccc3C)cc21. The molecule has 1 aromatic carbocycles. The minimum atomic E-state index is -0.323. The first-order chi connectivity index (χ1) is 13.3. The van der Waals surface area contributed by atoms with E-state index in [4.69, 9.17) is 0 Å². The Morgan fingerprint density at radius 2 is 1.96 bits per heavy atom. The van der Waals surface area contributed by atoms with E-state index in [1.165, 1.54) is 12.1 Å². The summed E-state index contributed by atoms with van der Waals surface area (Å²) in [5.74, 6) is 0.139. The number of halogens is 1. The zero-order chi connectivity index (χ0) is 20.0. The van der Waals surface area contributed by atoms with Gasteiger partial charge in [-0.1, -0.05) is 6.07 Å². The van der Waals surface area contributed by atoms with E-state index in [1.807, 2.05) is 40.0 Å². The van der Waals surface area contributed by atoms with Crippen LogP contribution in [0.3, 0.4) is 0 Å². The second-order valence-corrected chi connectivity index (χ2v) is 6.95. The molecule has 4 rings (SSSR count). The van der Waals surface area contributed by atoms with Crippen LogP contribution in [0.1, 0.15) is 23.7 Å². The Hall–Kier alpha value is -3.48. The number of carbonyl (C=O) groups excluding carboxylic acids is 1. The van der Waals surface area contributed by atoms with Crippen LogP contribution in [-0.4, -0.2) is 20.7 Å².